The van der Waals surface area contributed by atoms with Gasteiger partial charge in [-0.15, -0.1) is 12.4 Å². The zero-order valence-electron chi connectivity index (χ0n) is 7.45. The summed E-state index contributed by atoms with van der Waals surface area (Å²) < 4.78 is 73.0. The second-order valence-electron chi connectivity index (χ2n) is 3.26. The first kappa shape index (κ1) is 14.8. The maximum Gasteiger partial charge on any atom is 0.404 e. The van der Waals surface area contributed by atoms with Crippen LogP contribution in [0, 0.1) is 5.92 Å². The standard InChI is InChI=1S/C7H9F6N.ClH/c8-6(9,10)4-2-1-3-14-5(4)7(11,12)13;/h4-5,14H,1-3H2;1H/t4-,5+;/m1./s1. The molecule has 0 aromatic carbocycles. The Bertz CT molecular complexity index is 179. The summed E-state index contributed by atoms with van der Waals surface area (Å²) in [6.45, 7) is -0.0171. The van der Waals surface area contributed by atoms with Gasteiger partial charge >= 0.3 is 12.4 Å². The molecule has 1 N–H and O–H groups in total. The summed E-state index contributed by atoms with van der Waals surface area (Å²) in [5, 5.41) is 1.87. The van der Waals surface area contributed by atoms with E-state index in [0.29, 0.717) is 0 Å². The Hall–Kier alpha value is -0.170. The Balaban J connectivity index is 0.00000196. The maximum absolute atomic E-state index is 12.2. The monoisotopic (exact) mass is 257 g/mol. The van der Waals surface area contributed by atoms with Gasteiger partial charge < -0.3 is 5.32 Å². The summed E-state index contributed by atoms with van der Waals surface area (Å²) in [6.07, 6.45) is -9.95. The minimum absolute atomic E-state index is 0. The molecular formula is C7H10ClF6N. The van der Waals surface area contributed by atoms with Crippen LogP contribution in [0.4, 0.5) is 26.3 Å². The molecule has 1 rings (SSSR count). The average molecular weight is 258 g/mol. The average Bonchev–Trinajstić information content (AvgIpc) is 2.01. The van der Waals surface area contributed by atoms with E-state index in [1.165, 1.54) is 0 Å². The van der Waals surface area contributed by atoms with Crippen molar-refractivity contribution in [2.45, 2.75) is 31.2 Å². The summed E-state index contributed by atoms with van der Waals surface area (Å²) >= 11 is 0. The fourth-order valence-corrected chi connectivity index (χ4v) is 1.58. The highest BCUT2D eigenvalue weighted by Crippen LogP contribution is 2.40. The van der Waals surface area contributed by atoms with Gasteiger partial charge in [-0.1, -0.05) is 0 Å². The van der Waals surface area contributed by atoms with Crippen LogP contribution < -0.4 is 5.32 Å². The van der Waals surface area contributed by atoms with Crippen LogP contribution in [0.25, 0.3) is 0 Å². The summed E-state index contributed by atoms with van der Waals surface area (Å²) in [4.78, 5) is 0. The lowest BCUT2D eigenvalue weighted by atomic mass is 9.90. The van der Waals surface area contributed by atoms with Crippen molar-refractivity contribution in [1.29, 1.82) is 0 Å². The Morgan fingerprint density at radius 1 is 0.933 bits per heavy atom. The third kappa shape index (κ3) is 3.71. The van der Waals surface area contributed by atoms with E-state index in [0.717, 1.165) is 0 Å². The molecule has 0 bridgehead atoms. The quantitative estimate of drug-likeness (QED) is 0.658. The molecule has 0 radical (unpaired) electrons. The normalized spacial score (nSPS) is 28.4. The number of rotatable bonds is 0. The lowest BCUT2D eigenvalue weighted by Crippen LogP contribution is -2.55. The molecule has 1 nitrogen and oxygen atoms in total. The highest BCUT2D eigenvalue weighted by Gasteiger charge is 2.55. The molecule has 0 aromatic heterocycles. The van der Waals surface area contributed by atoms with Crippen molar-refractivity contribution < 1.29 is 26.3 Å². The Morgan fingerprint density at radius 2 is 1.47 bits per heavy atom. The minimum Gasteiger partial charge on any atom is -0.306 e. The van der Waals surface area contributed by atoms with E-state index in [-0.39, 0.29) is 25.4 Å². The van der Waals surface area contributed by atoms with Gasteiger partial charge in [0.2, 0.25) is 0 Å². The SMILES string of the molecule is Cl.FC(F)(F)[C@@H]1CCCN[C@@H]1C(F)(F)F. The third-order valence-electron chi connectivity index (χ3n) is 2.23. The maximum atomic E-state index is 12.2. The number of nitrogens with one attached hydrogen (secondary N) is 1. The van der Waals surface area contributed by atoms with Crippen molar-refractivity contribution in [2.75, 3.05) is 6.54 Å². The molecule has 1 aliphatic heterocycles. The molecule has 15 heavy (non-hydrogen) atoms. The molecule has 0 saturated carbocycles. The van der Waals surface area contributed by atoms with Gasteiger partial charge in [-0.3, -0.25) is 0 Å². The predicted molar refractivity (Wildman–Crippen MR) is 43.9 cm³/mol. The van der Waals surface area contributed by atoms with E-state index < -0.39 is 30.7 Å². The summed E-state index contributed by atoms with van der Waals surface area (Å²) in [6, 6.07) is -2.45. The molecule has 2 atom stereocenters. The van der Waals surface area contributed by atoms with E-state index in [1.54, 1.807) is 0 Å². The van der Waals surface area contributed by atoms with Crippen LogP contribution in [0.1, 0.15) is 12.8 Å². The fraction of sp³-hybridized carbons (Fsp3) is 1.00. The molecule has 1 saturated heterocycles. The lowest BCUT2D eigenvalue weighted by Gasteiger charge is -2.34. The number of alkyl halides is 6. The summed E-state index contributed by atoms with van der Waals surface area (Å²) in [5.74, 6) is -2.31. The van der Waals surface area contributed by atoms with Gasteiger partial charge in [0.25, 0.3) is 0 Å². The van der Waals surface area contributed by atoms with Crippen LogP contribution in [0.15, 0.2) is 0 Å². The van der Waals surface area contributed by atoms with E-state index in [4.69, 9.17) is 0 Å². The van der Waals surface area contributed by atoms with Crippen molar-refractivity contribution in [3.63, 3.8) is 0 Å². The first-order valence-corrected chi connectivity index (χ1v) is 4.10. The molecule has 1 aliphatic rings. The van der Waals surface area contributed by atoms with Gasteiger partial charge in [-0.05, 0) is 19.4 Å². The van der Waals surface area contributed by atoms with Crippen LogP contribution in [0.5, 0.6) is 0 Å². The van der Waals surface area contributed by atoms with Crippen molar-refractivity contribution in [3.05, 3.63) is 0 Å². The van der Waals surface area contributed by atoms with Crippen molar-refractivity contribution in [3.8, 4) is 0 Å². The summed E-state index contributed by atoms with van der Waals surface area (Å²) in [5.41, 5.74) is 0. The Labute approximate surface area is 88.6 Å². The highest BCUT2D eigenvalue weighted by molar-refractivity contribution is 5.85. The van der Waals surface area contributed by atoms with Crippen molar-refractivity contribution in [2.24, 2.45) is 5.92 Å². The topological polar surface area (TPSA) is 12.0 Å². The van der Waals surface area contributed by atoms with Gasteiger partial charge in [0.1, 0.15) is 6.04 Å². The summed E-state index contributed by atoms with van der Waals surface area (Å²) in [7, 11) is 0. The molecule has 92 valence electrons. The van der Waals surface area contributed by atoms with Crippen LogP contribution in [0.2, 0.25) is 0 Å². The van der Waals surface area contributed by atoms with E-state index in [1.807, 2.05) is 5.32 Å². The van der Waals surface area contributed by atoms with E-state index in [2.05, 4.69) is 0 Å². The molecule has 1 heterocycles. The smallest absolute Gasteiger partial charge is 0.306 e. The van der Waals surface area contributed by atoms with Crippen LogP contribution in [-0.2, 0) is 0 Å². The second kappa shape index (κ2) is 4.78. The zero-order valence-corrected chi connectivity index (χ0v) is 8.27. The van der Waals surface area contributed by atoms with Gasteiger partial charge in [0, 0.05) is 0 Å². The Kier molecular flexibility index (Phi) is 4.72. The predicted octanol–water partition coefficient (Wildman–Crippen LogP) is 2.90. The molecule has 0 spiro atoms. The van der Waals surface area contributed by atoms with Gasteiger partial charge in [-0.2, -0.15) is 26.3 Å². The van der Waals surface area contributed by atoms with Crippen molar-refractivity contribution >= 4 is 12.4 Å². The second-order valence-corrected chi connectivity index (χ2v) is 3.26. The first-order valence-electron chi connectivity index (χ1n) is 4.10. The molecule has 0 aromatic rings. The Morgan fingerprint density at radius 3 is 1.80 bits per heavy atom. The fourth-order valence-electron chi connectivity index (χ4n) is 1.58. The molecule has 0 unspecified atom stereocenters. The molecule has 1 fully saturated rings. The number of hydrogen-bond donors (Lipinski definition) is 1. The van der Waals surface area contributed by atoms with Crippen molar-refractivity contribution in [1.82, 2.24) is 5.32 Å². The van der Waals surface area contributed by atoms with Gasteiger partial charge in [-0.25, -0.2) is 0 Å². The van der Waals surface area contributed by atoms with Crippen LogP contribution in [-0.4, -0.2) is 24.9 Å². The first-order chi connectivity index (χ1) is 6.23. The van der Waals surface area contributed by atoms with Gasteiger partial charge in [0.05, 0.1) is 5.92 Å². The molecule has 0 aliphatic carbocycles. The lowest BCUT2D eigenvalue weighted by molar-refractivity contribution is -0.242. The number of hydrogen-bond acceptors (Lipinski definition) is 1. The van der Waals surface area contributed by atoms with Crippen LogP contribution in [0.3, 0.4) is 0 Å². The highest BCUT2D eigenvalue weighted by atomic mass is 35.5. The van der Waals surface area contributed by atoms with Crippen LogP contribution >= 0.6 is 12.4 Å². The van der Waals surface area contributed by atoms with Gasteiger partial charge in [0.15, 0.2) is 0 Å². The number of piperidine rings is 1. The van der Waals surface area contributed by atoms with E-state index in [9.17, 15) is 26.3 Å². The molecule has 0 amide bonds. The third-order valence-corrected chi connectivity index (χ3v) is 2.23. The number of halogens is 7. The molecule has 8 heteroatoms. The zero-order chi connectivity index (χ0) is 11.0. The van der Waals surface area contributed by atoms with E-state index >= 15 is 0 Å². The largest absolute Gasteiger partial charge is 0.404 e. The molecular weight excluding hydrogens is 248 g/mol. The minimum atomic E-state index is -4.83.